The molecule has 1 aromatic rings. The predicted octanol–water partition coefficient (Wildman–Crippen LogP) is 0.704. The monoisotopic (exact) mass is 209 g/mol. The smallest absolute Gasteiger partial charge is 0.222 e. The summed E-state index contributed by atoms with van der Waals surface area (Å²) in [4.78, 5) is 25.4. The largest absolute Gasteiger partial charge is 0.506 e. The molecule has 2 amide bonds. The molecule has 80 valence electrons. The van der Waals surface area contributed by atoms with Crippen molar-refractivity contribution in [2.45, 2.75) is 13.8 Å². The lowest BCUT2D eigenvalue weighted by Crippen LogP contribution is -2.13. The van der Waals surface area contributed by atoms with E-state index in [1.165, 1.54) is 26.1 Å². The number of hydrogen-bond acceptors (Lipinski definition) is 4. The van der Waals surface area contributed by atoms with Gasteiger partial charge in [-0.25, -0.2) is 4.98 Å². The van der Waals surface area contributed by atoms with E-state index >= 15 is 0 Å². The number of aromatic hydroxyl groups is 1. The van der Waals surface area contributed by atoms with E-state index in [1.807, 2.05) is 0 Å². The number of aromatic nitrogens is 1. The third kappa shape index (κ3) is 3.26. The maximum atomic E-state index is 10.8. The zero-order valence-electron chi connectivity index (χ0n) is 8.37. The van der Waals surface area contributed by atoms with Gasteiger partial charge in [0.1, 0.15) is 5.75 Å². The van der Waals surface area contributed by atoms with Gasteiger partial charge in [0.05, 0.1) is 11.9 Å². The van der Waals surface area contributed by atoms with Gasteiger partial charge in [0.25, 0.3) is 0 Å². The first-order valence-corrected chi connectivity index (χ1v) is 4.23. The van der Waals surface area contributed by atoms with Crippen molar-refractivity contribution in [1.29, 1.82) is 0 Å². The molecule has 0 aliphatic rings. The van der Waals surface area contributed by atoms with E-state index in [-0.39, 0.29) is 29.1 Å². The van der Waals surface area contributed by atoms with Crippen molar-refractivity contribution in [1.82, 2.24) is 4.98 Å². The Labute approximate surface area is 86.3 Å². The lowest BCUT2D eigenvalue weighted by Gasteiger charge is -2.08. The van der Waals surface area contributed by atoms with Crippen molar-refractivity contribution in [2.75, 3.05) is 10.6 Å². The number of pyridine rings is 1. The molecule has 1 aromatic heterocycles. The number of nitrogens with one attached hydrogen (secondary N) is 2. The first-order chi connectivity index (χ1) is 6.99. The van der Waals surface area contributed by atoms with Crippen LogP contribution in [0.5, 0.6) is 5.75 Å². The average molecular weight is 209 g/mol. The van der Waals surface area contributed by atoms with Gasteiger partial charge in [-0.3, -0.25) is 9.59 Å². The van der Waals surface area contributed by atoms with Gasteiger partial charge in [0.2, 0.25) is 11.8 Å². The van der Waals surface area contributed by atoms with E-state index in [2.05, 4.69) is 15.6 Å². The minimum Gasteiger partial charge on any atom is -0.506 e. The van der Waals surface area contributed by atoms with Crippen molar-refractivity contribution in [2.24, 2.45) is 0 Å². The zero-order chi connectivity index (χ0) is 11.4. The Hall–Kier alpha value is -2.11. The molecular formula is C9H11N3O3. The molecule has 0 aliphatic carbocycles. The molecule has 0 aliphatic heterocycles. The zero-order valence-corrected chi connectivity index (χ0v) is 8.37. The average Bonchev–Trinajstić information content (AvgIpc) is 2.08. The summed E-state index contributed by atoms with van der Waals surface area (Å²) in [7, 11) is 0. The van der Waals surface area contributed by atoms with Crippen LogP contribution in [0.1, 0.15) is 13.8 Å². The normalized spacial score (nSPS) is 9.47. The Bertz CT molecular complexity index is 404. The summed E-state index contributed by atoms with van der Waals surface area (Å²) >= 11 is 0. The number of hydrogen-bond donors (Lipinski definition) is 3. The van der Waals surface area contributed by atoms with Crippen molar-refractivity contribution in [3.05, 3.63) is 12.3 Å². The molecule has 0 unspecified atom stereocenters. The maximum Gasteiger partial charge on any atom is 0.222 e. The molecule has 0 bridgehead atoms. The van der Waals surface area contributed by atoms with Crippen molar-refractivity contribution >= 4 is 23.3 Å². The molecular weight excluding hydrogens is 198 g/mol. The van der Waals surface area contributed by atoms with Crippen LogP contribution in [0.3, 0.4) is 0 Å². The van der Waals surface area contributed by atoms with Crippen molar-refractivity contribution in [3.63, 3.8) is 0 Å². The summed E-state index contributed by atoms with van der Waals surface area (Å²) in [6.07, 6.45) is 1.18. The van der Waals surface area contributed by atoms with Crippen molar-refractivity contribution < 1.29 is 14.7 Å². The molecule has 6 heteroatoms. The number of carbonyl (C=O) groups is 2. The van der Waals surface area contributed by atoms with E-state index in [9.17, 15) is 9.59 Å². The summed E-state index contributed by atoms with van der Waals surface area (Å²) in [6, 6.07) is 1.31. The standard InChI is InChI=1S/C9H11N3O3/c1-5(13)11-8-3-7(15)4-10-9(8)12-6(2)14/h3-4,15H,1-2H3,(H,11,13)(H,10,12,14). The van der Waals surface area contributed by atoms with Crippen LogP contribution in [0.25, 0.3) is 0 Å². The summed E-state index contributed by atoms with van der Waals surface area (Å²) in [6.45, 7) is 2.65. The minimum absolute atomic E-state index is 0.0900. The van der Waals surface area contributed by atoms with Crippen LogP contribution in [-0.2, 0) is 9.59 Å². The third-order valence-electron chi connectivity index (χ3n) is 1.48. The number of carbonyl (C=O) groups excluding carboxylic acids is 2. The second-order valence-electron chi connectivity index (χ2n) is 2.95. The van der Waals surface area contributed by atoms with Gasteiger partial charge < -0.3 is 15.7 Å². The van der Waals surface area contributed by atoms with E-state index in [1.54, 1.807) is 0 Å². The fraction of sp³-hybridized carbons (Fsp3) is 0.222. The minimum atomic E-state index is -0.311. The molecule has 3 N–H and O–H groups in total. The van der Waals surface area contributed by atoms with E-state index < -0.39 is 0 Å². The van der Waals surface area contributed by atoms with Gasteiger partial charge >= 0.3 is 0 Å². The molecule has 0 spiro atoms. The third-order valence-corrected chi connectivity index (χ3v) is 1.48. The second-order valence-corrected chi connectivity index (χ2v) is 2.95. The summed E-state index contributed by atoms with van der Waals surface area (Å²) < 4.78 is 0. The van der Waals surface area contributed by atoms with Gasteiger partial charge in [-0.15, -0.1) is 0 Å². The SMILES string of the molecule is CC(=O)Nc1cc(O)cnc1NC(C)=O. The van der Waals surface area contributed by atoms with Crippen LogP contribution in [0.15, 0.2) is 12.3 Å². The summed E-state index contributed by atoms with van der Waals surface area (Å²) in [5.74, 6) is -0.503. The fourth-order valence-electron chi connectivity index (χ4n) is 1.01. The highest BCUT2D eigenvalue weighted by Crippen LogP contribution is 2.23. The first kappa shape index (κ1) is 11.0. The van der Waals surface area contributed by atoms with E-state index in [0.29, 0.717) is 0 Å². The van der Waals surface area contributed by atoms with Gasteiger partial charge in [-0.1, -0.05) is 0 Å². The first-order valence-electron chi connectivity index (χ1n) is 4.23. The molecule has 15 heavy (non-hydrogen) atoms. The molecule has 0 atom stereocenters. The Morgan fingerprint density at radius 3 is 2.40 bits per heavy atom. The highest BCUT2D eigenvalue weighted by molar-refractivity contribution is 5.96. The molecule has 0 fully saturated rings. The summed E-state index contributed by atoms with van der Waals surface area (Å²) in [5, 5.41) is 14.0. The maximum absolute atomic E-state index is 10.8. The van der Waals surface area contributed by atoms with Crippen LogP contribution < -0.4 is 10.6 Å². The number of nitrogens with zero attached hydrogens (tertiary/aromatic N) is 1. The Kier molecular flexibility index (Phi) is 3.22. The van der Waals surface area contributed by atoms with Crippen molar-refractivity contribution in [3.8, 4) is 5.75 Å². The molecule has 0 aromatic carbocycles. The molecule has 0 saturated carbocycles. The van der Waals surface area contributed by atoms with Crippen LogP contribution in [-0.4, -0.2) is 21.9 Å². The van der Waals surface area contributed by atoms with Gasteiger partial charge in [0.15, 0.2) is 5.82 Å². The molecule has 1 heterocycles. The van der Waals surface area contributed by atoms with Gasteiger partial charge in [-0.05, 0) is 0 Å². The Balaban J connectivity index is 3.02. The highest BCUT2D eigenvalue weighted by atomic mass is 16.3. The van der Waals surface area contributed by atoms with Gasteiger partial charge in [-0.2, -0.15) is 0 Å². The van der Waals surface area contributed by atoms with Crippen LogP contribution >= 0.6 is 0 Å². The quantitative estimate of drug-likeness (QED) is 0.668. The molecule has 0 saturated heterocycles. The molecule has 0 radical (unpaired) electrons. The van der Waals surface area contributed by atoms with Crippen LogP contribution in [0.2, 0.25) is 0 Å². The second kappa shape index (κ2) is 4.41. The van der Waals surface area contributed by atoms with Gasteiger partial charge in [0, 0.05) is 19.9 Å². The predicted molar refractivity (Wildman–Crippen MR) is 54.5 cm³/mol. The van der Waals surface area contributed by atoms with Crippen LogP contribution in [0, 0.1) is 0 Å². The van der Waals surface area contributed by atoms with Crippen LogP contribution in [0.4, 0.5) is 11.5 Å². The topological polar surface area (TPSA) is 91.3 Å². The van der Waals surface area contributed by atoms with E-state index in [4.69, 9.17) is 5.11 Å². The number of amides is 2. The Morgan fingerprint density at radius 2 is 1.87 bits per heavy atom. The molecule has 1 rings (SSSR count). The number of rotatable bonds is 2. The lowest BCUT2D eigenvalue weighted by atomic mass is 10.3. The van der Waals surface area contributed by atoms with E-state index in [0.717, 1.165) is 0 Å². The number of anilines is 2. The lowest BCUT2D eigenvalue weighted by molar-refractivity contribution is -0.115. The molecule has 6 nitrogen and oxygen atoms in total. The highest BCUT2D eigenvalue weighted by Gasteiger charge is 2.07. The fourth-order valence-corrected chi connectivity index (χ4v) is 1.01. The summed E-state index contributed by atoms with van der Waals surface area (Å²) in [5.41, 5.74) is 0.262. The Morgan fingerprint density at radius 1 is 1.27 bits per heavy atom.